The number of aliphatic carboxylic acids is 1. The summed E-state index contributed by atoms with van der Waals surface area (Å²) in [7, 11) is -0.331. The van der Waals surface area contributed by atoms with Crippen LogP contribution in [0.2, 0.25) is 10.0 Å². The van der Waals surface area contributed by atoms with Crippen LogP contribution < -0.4 is 15.4 Å². The number of nitrogens with two attached hydrogens (primary N) is 1. The molecule has 3 aromatic rings. The largest absolute Gasteiger partial charge is 0.480 e. The third kappa shape index (κ3) is 15.1. The van der Waals surface area contributed by atoms with Crippen LogP contribution in [-0.2, 0) is 30.0 Å². The molecular formula is C34H43Cl3N3O11P. The lowest BCUT2D eigenvalue weighted by molar-refractivity contribution is -0.385. The molecule has 0 aliphatic carbocycles. The van der Waals surface area contributed by atoms with Gasteiger partial charge in [0.25, 0.3) is 5.69 Å². The van der Waals surface area contributed by atoms with Crippen molar-refractivity contribution < 1.29 is 48.1 Å². The number of para-hydroxylation sites is 1. The minimum atomic E-state index is -3.10. The van der Waals surface area contributed by atoms with E-state index in [9.17, 15) is 29.1 Å². The number of benzene rings is 3. The van der Waals surface area contributed by atoms with E-state index in [4.69, 9.17) is 60.0 Å². The van der Waals surface area contributed by atoms with E-state index in [0.717, 1.165) is 36.4 Å². The number of aryl methyl sites for hydroxylation is 2. The van der Waals surface area contributed by atoms with Crippen molar-refractivity contribution in [3.63, 3.8) is 0 Å². The van der Waals surface area contributed by atoms with E-state index in [1.54, 1.807) is 24.1 Å². The Morgan fingerprint density at radius 3 is 2.25 bits per heavy atom. The zero-order chi connectivity index (χ0) is 39.8. The SMILES string of the molecule is CCc1cccc(C)c1N(C(=O)CCl)C(C)COC.COC(=O)c1cc(Oc2ccc(Cl)cc2Cl)ccc1[N+](=O)[O-].CP(=O)(O)CCC(N)C(=O)O. The zero-order valence-electron chi connectivity index (χ0n) is 29.5. The Morgan fingerprint density at radius 1 is 1.10 bits per heavy atom. The lowest BCUT2D eigenvalue weighted by Crippen LogP contribution is -2.43. The molecule has 0 spiro atoms. The van der Waals surface area contributed by atoms with Crippen LogP contribution in [0.3, 0.4) is 0 Å². The first-order valence-electron chi connectivity index (χ1n) is 15.5. The molecule has 18 heteroatoms. The van der Waals surface area contributed by atoms with Crippen LogP contribution in [0, 0.1) is 17.0 Å². The summed E-state index contributed by atoms with van der Waals surface area (Å²) < 4.78 is 25.9. The van der Waals surface area contributed by atoms with E-state index in [1.165, 1.54) is 24.9 Å². The van der Waals surface area contributed by atoms with Crippen molar-refractivity contribution in [2.24, 2.45) is 5.73 Å². The zero-order valence-corrected chi connectivity index (χ0v) is 32.7. The molecule has 286 valence electrons. The number of carboxylic acid groups (broad SMARTS) is 1. The molecule has 0 heterocycles. The van der Waals surface area contributed by atoms with Crippen LogP contribution in [0.25, 0.3) is 0 Å². The molecule has 0 bridgehead atoms. The van der Waals surface area contributed by atoms with E-state index < -0.39 is 30.3 Å². The number of halogens is 3. The van der Waals surface area contributed by atoms with Crippen molar-refractivity contribution in [2.45, 2.75) is 45.7 Å². The lowest BCUT2D eigenvalue weighted by Gasteiger charge is -2.31. The average molecular weight is 807 g/mol. The van der Waals surface area contributed by atoms with E-state index in [2.05, 4.69) is 17.7 Å². The number of esters is 1. The molecule has 14 nitrogen and oxygen atoms in total. The number of carbonyl (C=O) groups is 3. The van der Waals surface area contributed by atoms with Gasteiger partial charge in [-0.15, -0.1) is 11.6 Å². The Bertz CT molecular complexity index is 1740. The Hall–Kier alpha value is -3.75. The van der Waals surface area contributed by atoms with Crippen molar-refractivity contribution in [3.05, 3.63) is 91.4 Å². The number of methoxy groups -OCH3 is 2. The number of hydrogen-bond acceptors (Lipinski definition) is 10. The number of carboxylic acids is 1. The number of carbonyl (C=O) groups excluding carboxylic acids is 2. The maximum Gasteiger partial charge on any atom is 0.345 e. The molecule has 0 radical (unpaired) electrons. The number of rotatable bonds is 14. The summed E-state index contributed by atoms with van der Waals surface area (Å²) in [5, 5.41) is 19.9. The number of ether oxygens (including phenoxy) is 3. The smallest absolute Gasteiger partial charge is 0.345 e. The highest BCUT2D eigenvalue weighted by Crippen LogP contribution is 2.36. The third-order valence-electron chi connectivity index (χ3n) is 7.04. The van der Waals surface area contributed by atoms with Gasteiger partial charge in [0.05, 0.1) is 35.4 Å². The first-order valence-corrected chi connectivity index (χ1v) is 19.1. The summed E-state index contributed by atoms with van der Waals surface area (Å²) >= 11 is 17.5. The van der Waals surface area contributed by atoms with Crippen molar-refractivity contribution in [3.8, 4) is 11.5 Å². The van der Waals surface area contributed by atoms with E-state index in [-0.39, 0.29) is 52.4 Å². The van der Waals surface area contributed by atoms with Gasteiger partial charge in [-0.25, -0.2) is 4.79 Å². The van der Waals surface area contributed by atoms with Gasteiger partial charge in [-0.1, -0.05) is 48.3 Å². The molecule has 1 amide bonds. The standard InChI is InChI=1S/C15H22ClNO2.C14H9Cl2NO5.C5H12NO4P/c1-5-13-8-6-7-11(2)15(13)17(14(18)9-16)12(3)10-19-4;1-21-14(18)10-7-9(3-4-12(10)17(19)20)22-13-5-2-8(15)6-11(13)16;1-11(9,10)3-2-4(6)5(7)8/h6-8,12H,5,9-10H2,1-4H3;2-7H,1H3;4H,2-3,6H2,1H3,(H,7,8)(H,9,10). The van der Waals surface area contributed by atoms with Crippen LogP contribution in [0.4, 0.5) is 11.4 Å². The van der Waals surface area contributed by atoms with Gasteiger partial charge in [-0.05, 0) is 62.1 Å². The summed E-state index contributed by atoms with van der Waals surface area (Å²) in [6.45, 7) is 7.74. The van der Waals surface area contributed by atoms with Crippen molar-refractivity contribution >= 4 is 71.4 Å². The second-order valence-electron chi connectivity index (χ2n) is 11.3. The molecule has 0 aliphatic rings. The minimum absolute atomic E-state index is 0.0223. The molecule has 3 aromatic carbocycles. The second kappa shape index (κ2) is 22.3. The fraction of sp³-hybridized carbons (Fsp3) is 0.382. The first kappa shape index (κ1) is 46.3. The predicted octanol–water partition coefficient (Wildman–Crippen LogP) is 7.33. The molecule has 52 heavy (non-hydrogen) atoms. The van der Waals surface area contributed by atoms with Crippen LogP contribution in [0.5, 0.6) is 11.5 Å². The molecule has 3 atom stereocenters. The number of nitro benzene ring substituents is 1. The molecule has 0 aliphatic heterocycles. The monoisotopic (exact) mass is 805 g/mol. The maximum atomic E-state index is 12.2. The number of anilines is 1. The molecule has 4 N–H and O–H groups in total. The topological polar surface area (TPSA) is 209 Å². The molecule has 3 unspecified atom stereocenters. The Balaban J connectivity index is 0.000000412. The summed E-state index contributed by atoms with van der Waals surface area (Å²) in [5.41, 5.74) is 7.72. The number of alkyl halides is 1. The van der Waals surface area contributed by atoms with Gasteiger partial charge >= 0.3 is 11.9 Å². The van der Waals surface area contributed by atoms with E-state index >= 15 is 0 Å². The predicted molar refractivity (Wildman–Crippen MR) is 202 cm³/mol. The Morgan fingerprint density at radius 2 is 1.75 bits per heavy atom. The lowest BCUT2D eigenvalue weighted by atomic mass is 10.0. The van der Waals surface area contributed by atoms with Crippen LogP contribution in [0.15, 0.2) is 54.6 Å². The van der Waals surface area contributed by atoms with Crippen LogP contribution >= 0.6 is 42.2 Å². The number of nitrogens with zero attached hydrogens (tertiary/aromatic N) is 2. The minimum Gasteiger partial charge on any atom is -0.480 e. The fourth-order valence-electron chi connectivity index (χ4n) is 4.52. The summed E-state index contributed by atoms with van der Waals surface area (Å²) in [4.78, 5) is 54.7. The molecule has 0 fully saturated rings. The van der Waals surface area contributed by atoms with Gasteiger partial charge in [0.2, 0.25) is 5.91 Å². The van der Waals surface area contributed by atoms with Crippen molar-refractivity contribution in [1.29, 1.82) is 0 Å². The summed E-state index contributed by atoms with van der Waals surface area (Å²) in [5.74, 6) is -1.58. The van der Waals surface area contributed by atoms with Gasteiger partial charge in [0.1, 0.15) is 29.0 Å². The summed E-state index contributed by atoms with van der Waals surface area (Å²) in [6.07, 6.45) is 0.878. The van der Waals surface area contributed by atoms with E-state index in [0.29, 0.717) is 17.4 Å². The number of hydrogen-bond donors (Lipinski definition) is 3. The normalized spacial score (nSPS) is 12.8. The van der Waals surface area contributed by atoms with Gasteiger partial charge in [0.15, 0.2) is 7.37 Å². The Labute approximate surface area is 317 Å². The van der Waals surface area contributed by atoms with E-state index in [1.807, 2.05) is 26.0 Å². The molecule has 0 saturated heterocycles. The molecular weight excluding hydrogens is 764 g/mol. The highest BCUT2D eigenvalue weighted by Gasteiger charge is 2.25. The molecule has 3 rings (SSSR count). The third-order valence-corrected chi connectivity index (χ3v) is 8.89. The molecule has 0 aromatic heterocycles. The highest BCUT2D eigenvalue weighted by atomic mass is 35.5. The van der Waals surface area contributed by atoms with Gasteiger partial charge in [0, 0.05) is 37.1 Å². The number of nitro groups is 1. The maximum absolute atomic E-state index is 12.2. The van der Waals surface area contributed by atoms with Gasteiger partial charge in [-0.2, -0.15) is 0 Å². The van der Waals surface area contributed by atoms with Crippen molar-refractivity contribution in [2.75, 3.05) is 44.4 Å². The highest BCUT2D eigenvalue weighted by molar-refractivity contribution is 7.57. The average Bonchev–Trinajstić information content (AvgIpc) is 3.08. The number of amides is 1. The first-order chi connectivity index (χ1) is 24.3. The van der Waals surface area contributed by atoms with Crippen molar-refractivity contribution in [1.82, 2.24) is 0 Å². The van der Waals surface area contributed by atoms with Crippen LogP contribution in [0.1, 0.15) is 41.8 Å². The second-order valence-corrected chi connectivity index (χ2v) is 14.9. The quantitative estimate of drug-likeness (QED) is 0.0481. The van der Waals surface area contributed by atoms with Gasteiger partial charge < -0.3 is 34.8 Å². The van der Waals surface area contributed by atoms with Crippen LogP contribution in [-0.4, -0.2) is 84.4 Å². The Kier molecular flexibility index (Phi) is 19.9. The summed E-state index contributed by atoms with van der Waals surface area (Å²) in [6, 6.07) is 13.4. The molecule has 0 saturated carbocycles. The van der Waals surface area contributed by atoms with Gasteiger partial charge in [-0.3, -0.25) is 24.3 Å². The fourth-order valence-corrected chi connectivity index (χ4v) is 5.85.